The van der Waals surface area contributed by atoms with Crippen molar-refractivity contribution in [2.45, 2.75) is 27.7 Å². The molecule has 0 aliphatic heterocycles. The number of benzene rings is 1. The van der Waals surface area contributed by atoms with Crippen LogP contribution in [-0.2, 0) is 9.47 Å². The van der Waals surface area contributed by atoms with Gasteiger partial charge in [0, 0.05) is 13.7 Å². The summed E-state index contributed by atoms with van der Waals surface area (Å²) in [5.41, 5.74) is 0.882. The van der Waals surface area contributed by atoms with E-state index in [9.17, 15) is 0 Å². The van der Waals surface area contributed by atoms with Crippen molar-refractivity contribution in [2.24, 2.45) is 0 Å². The Morgan fingerprint density at radius 2 is 1.73 bits per heavy atom. The Kier molecular flexibility index (Phi) is 20.1. The molecule has 0 spiro atoms. The second-order valence-electron chi connectivity index (χ2n) is 3.63. The maximum absolute atomic E-state index is 8.51. The molecule has 0 heterocycles. The summed E-state index contributed by atoms with van der Waals surface area (Å²) in [6, 6.07) is 7.63. The first-order valence-corrected chi connectivity index (χ1v) is 7.62. The molecule has 22 heavy (non-hydrogen) atoms. The van der Waals surface area contributed by atoms with E-state index in [0.717, 1.165) is 17.9 Å². The van der Waals surface area contributed by atoms with E-state index in [0.29, 0.717) is 19.8 Å². The van der Waals surface area contributed by atoms with Crippen molar-refractivity contribution in [1.29, 1.82) is 0 Å². The zero-order valence-corrected chi connectivity index (χ0v) is 14.5. The normalized spacial score (nSPS) is 8.45. The summed E-state index contributed by atoms with van der Waals surface area (Å²) >= 11 is 0. The topological polar surface area (TPSA) is 47.9 Å². The van der Waals surface area contributed by atoms with Crippen LogP contribution in [0, 0.1) is 11.8 Å². The van der Waals surface area contributed by atoms with Gasteiger partial charge in [-0.25, -0.2) is 0 Å². The van der Waals surface area contributed by atoms with E-state index in [1.807, 2.05) is 45.0 Å². The van der Waals surface area contributed by atoms with E-state index in [1.54, 1.807) is 14.0 Å². The van der Waals surface area contributed by atoms with Crippen molar-refractivity contribution in [3.05, 3.63) is 29.8 Å². The third kappa shape index (κ3) is 13.4. The van der Waals surface area contributed by atoms with Crippen LogP contribution < -0.4 is 4.74 Å². The molecule has 0 fully saturated rings. The molecule has 126 valence electrons. The zero-order valence-electron chi connectivity index (χ0n) is 14.5. The number of aliphatic hydroxyl groups is 1. The van der Waals surface area contributed by atoms with Gasteiger partial charge < -0.3 is 19.3 Å². The largest absolute Gasteiger partial charge is 0.490 e. The van der Waals surface area contributed by atoms with Crippen LogP contribution in [0.2, 0.25) is 0 Å². The highest BCUT2D eigenvalue weighted by molar-refractivity contribution is 5.45. The Balaban J connectivity index is 0. The molecule has 0 aliphatic carbocycles. The second-order valence-corrected chi connectivity index (χ2v) is 3.63. The molecule has 0 saturated carbocycles. The zero-order chi connectivity index (χ0) is 17.1. The van der Waals surface area contributed by atoms with Crippen LogP contribution in [0.15, 0.2) is 24.3 Å². The van der Waals surface area contributed by atoms with Gasteiger partial charge in [0.15, 0.2) is 0 Å². The molecule has 0 radical (unpaired) electrons. The summed E-state index contributed by atoms with van der Waals surface area (Å²) in [6.07, 6.45) is 0. The quantitative estimate of drug-likeness (QED) is 0.621. The SMILES string of the molecule is CC.CC#Cc1ccccc1OCCOCCO.CCOC. The van der Waals surface area contributed by atoms with Crippen molar-refractivity contribution in [2.75, 3.05) is 40.1 Å². The van der Waals surface area contributed by atoms with Gasteiger partial charge in [0.25, 0.3) is 0 Å². The Bertz CT molecular complexity index is 392. The summed E-state index contributed by atoms with van der Waals surface area (Å²) in [6.45, 7) is 9.88. The maximum Gasteiger partial charge on any atom is 0.135 e. The minimum absolute atomic E-state index is 0.0396. The summed E-state index contributed by atoms with van der Waals surface area (Å²) in [5.74, 6) is 6.58. The van der Waals surface area contributed by atoms with Gasteiger partial charge >= 0.3 is 0 Å². The first-order chi connectivity index (χ1) is 10.8. The molecule has 4 heteroatoms. The molecule has 0 unspecified atom stereocenters. The first kappa shape index (κ1) is 22.7. The summed E-state index contributed by atoms with van der Waals surface area (Å²) < 4.78 is 15.2. The van der Waals surface area contributed by atoms with E-state index in [1.165, 1.54) is 0 Å². The lowest BCUT2D eigenvalue weighted by Gasteiger charge is -2.08. The minimum atomic E-state index is 0.0396. The van der Waals surface area contributed by atoms with Crippen LogP contribution in [0.4, 0.5) is 0 Å². The smallest absolute Gasteiger partial charge is 0.135 e. The summed E-state index contributed by atoms with van der Waals surface area (Å²) in [4.78, 5) is 0. The Labute approximate surface area is 135 Å². The van der Waals surface area contributed by atoms with Gasteiger partial charge in [0.05, 0.1) is 25.4 Å². The highest BCUT2D eigenvalue weighted by Crippen LogP contribution is 2.16. The molecule has 0 aliphatic rings. The lowest BCUT2D eigenvalue weighted by atomic mass is 10.2. The number of aliphatic hydroxyl groups excluding tert-OH is 1. The van der Waals surface area contributed by atoms with Gasteiger partial charge in [-0.1, -0.05) is 31.9 Å². The van der Waals surface area contributed by atoms with Crippen LogP contribution in [0.5, 0.6) is 5.75 Å². The van der Waals surface area contributed by atoms with Crippen molar-refractivity contribution < 1.29 is 19.3 Å². The standard InChI is InChI=1S/C13H16O3.C3H8O.C2H6/c1-2-5-12-6-3-4-7-13(12)16-11-10-15-9-8-14;1-3-4-2;1-2/h3-4,6-7,14H,8-11H2,1H3;3H2,1-2H3;1-2H3. The Morgan fingerprint density at radius 1 is 1.09 bits per heavy atom. The predicted molar refractivity (Wildman–Crippen MR) is 91.3 cm³/mol. The van der Waals surface area contributed by atoms with Gasteiger partial charge in [0.2, 0.25) is 0 Å². The number of rotatable bonds is 7. The fourth-order valence-corrected chi connectivity index (χ4v) is 1.21. The van der Waals surface area contributed by atoms with E-state index >= 15 is 0 Å². The van der Waals surface area contributed by atoms with Crippen molar-refractivity contribution >= 4 is 0 Å². The molecule has 4 nitrogen and oxygen atoms in total. The number of methoxy groups -OCH3 is 1. The number of para-hydroxylation sites is 1. The van der Waals surface area contributed by atoms with Crippen LogP contribution in [0.3, 0.4) is 0 Å². The highest BCUT2D eigenvalue weighted by Gasteiger charge is 1.99. The van der Waals surface area contributed by atoms with Gasteiger partial charge in [-0.05, 0) is 26.0 Å². The van der Waals surface area contributed by atoms with Gasteiger partial charge in [0.1, 0.15) is 12.4 Å². The Morgan fingerprint density at radius 3 is 2.27 bits per heavy atom. The van der Waals surface area contributed by atoms with E-state index in [4.69, 9.17) is 14.6 Å². The molecule has 1 aromatic carbocycles. The average molecular weight is 310 g/mol. The third-order valence-corrected chi connectivity index (χ3v) is 2.16. The maximum atomic E-state index is 8.51. The summed E-state index contributed by atoms with van der Waals surface area (Å²) in [7, 11) is 1.68. The van der Waals surface area contributed by atoms with Gasteiger partial charge in [-0.3, -0.25) is 0 Å². The van der Waals surface area contributed by atoms with E-state index in [-0.39, 0.29) is 6.61 Å². The van der Waals surface area contributed by atoms with Gasteiger partial charge in [-0.15, -0.1) is 5.92 Å². The number of hydrogen-bond acceptors (Lipinski definition) is 4. The van der Waals surface area contributed by atoms with Gasteiger partial charge in [-0.2, -0.15) is 0 Å². The molecular formula is C18H30O4. The molecule has 0 amide bonds. The molecule has 1 rings (SSSR count). The van der Waals surface area contributed by atoms with E-state index < -0.39 is 0 Å². The van der Waals surface area contributed by atoms with Crippen molar-refractivity contribution in [1.82, 2.24) is 0 Å². The molecule has 1 N–H and O–H groups in total. The molecule has 0 bridgehead atoms. The van der Waals surface area contributed by atoms with Crippen LogP contribution in [-0.4, -0.2) is 45.3 Å². The van der Waals surface area contributed by atoms with Crippen LogP contribution in [0.25, 0.3) is 0 Å². The van der Waals surface area contributed by atoms with Crippen LogP contribution >= 0.6 is 0 Å². The Hall–Kier alpha value is -1.54. The monoisotopic (exact) mass is 310 g/mol. The highest BCUT2D eigenvalue weighted by atomic mass is 16.5. The lowest BCUT2D eigenvalue weighted by Crippen LogP contribution is -2.09. The first-order valence-electron chi connectivity index (χ1n) is 7.62. The summed E-state index contributed by atoms with van der Waals surface area (Å²) in [5, 5.41) is 8.51. The van der Waals surface area contributed by atoms with Crippen LogP contribution in [0.1, 0.15) is 33.3 Å². The number of ether oxygens (including phenoxy) is 3. The molecule has 0 saturated heterocycles. The van der Waals surface area contributed by atoms with Crippen molar-refractivity contribution in [3.8, 4) is 17.6 Å². The number of hydrogen-bond donors (Lipinski definition) is 1. The minimum Gasteiger partial charge on any atom is -0.490 e. The lowest BCUT2D eigenvalue weighted by molar-refractivity contribution is 0.0704. The fourth-order valence-electron chi connectivity index (χ4n) is 1.21. The predicted octanol–water partition coefficient (Wildman–Crippen LogP) is 3.12. The third-order valence-electron chi connectivity index (χ3n) is 2.16. The molecule has 0 atom stereocenters. The second kappa shape index (κ2) is 19.5. The fraction of sp³-hybridized carbons (Fsp3) is 0.556. The van der Waals surface area contributed by atoms with Crippen molar-refractivity contribution in [3.63, 3.8) is 0 Å². The molecular weight excluding hydrogens is 280 g/mol. The average Bonchev–Trinajstić information content (AvgIpc) is 2.58. The molecule has 1 aromatic rings. The molecule has 0 aromatic heterocycles. The van der Waals surface area contributed by atoms with E-state index in [2.05, 4.69) is 16.6 Å².